The molecule has 0 bridgehead atoms. The molecule has 1 aliphatic carbocycles. The van der Waals surface area contributed by atoms with Gasteiger partial charge < -0.3 is 10.3 Å². The Morgan fingerprint density at radius 1 is 1.26 bits per heavy atom. The second-order valence-corrected chi connectivity index (χ2v) is 5.66. The van der Waals surface area contributed by atoms with Crippen LogP contribution in [0.4, 0.5) is 0 Å². The molecule has 0 saturated carbocycles. The van der Waals surface area contributed by atoms with E-state index in [4.69, 9.17) is 10.3 Å². The van der Waals surface area contributed by atoms with E-state index in [-0.39, 0.29) is 12.0 Å². The molecule has 0 saturated heterocycles. The molecule has 98 valence electrons. The third-order valence-corrected chi connectivity index (χ3v) is 3.72. The van der Waals surface area contributed by atoms with E-state index in [0.717, 1.165) is 16.5 Å². The highest BCUT2D eigenvalue weighted by Gasteiger charge is 2.22. The summed E-state index contributed by atoms with van der Waals surface area (Å²) >= 11 is 3.42. The van der Waals surface area contributed by atoms with Crippen molar-refractivity contribution in [2.45, 2.75) is 24.8 Å². The van der Waals surface area contributed by atoms with Gasteiger partial charge in [0.2, 0.25) is 5.89 Å². The van der Waals surface area contributed by atoms with Gasteiger partial charge in [-0.1, -0.05) is 45.4 Å². The SMILES string of the molecule is NC1C=CC(c2nc(Cc3ccc(Br)cc3)no2)C1. The zero-order chi connectivity index (χ0) is 13.2. The third kappa shape index (κ3) is 2.93. The van der Waals surface area contributed by atoms with Crippen LogP contribution in [0.2, 0.25) is 0 Å². The van der Waals surface area contributed by atoms with E-state index in [0.29, 0.717) is 18.1 Å². The summed E-state index contributed by atoms with van der Waals surface area (Å²) in [4.78, 5) is 4.45. The maximum atomic E-state index is 5.83. The molecule has 19 heavy (non-hydrogen) atoms. The highest BCUT2D eigenvalue weighted by atomic mass is 79.9. The zero-order valence-electron chi connectivity index (χ0n) is 10.3. The van der Waals surface area contributed by atoms with Gasteiger partial charge in [-0.2, -0.15) is 4.98 Å². The summed E-state index contributed by atoms with van der Waals surface area (Å²) in [7, 11) is 0. The van der Waals surface area contributed by atoms with Crippen molar-refractivity contribution in [1.29, 1.82) is 0 Å². The smallest absolute Gasteiger partial charge is 0.233 e. The van der Waals surface area contributed by atoms with Crippen molar-refractivity contribution in [3.63, 3.8) is 0 Å². The first-order chi connectivity index (χ1) is 9.20. The molecule has 1 aromatic heterocycles. The van der Waals surface area contributed by atoms with E-state index in [1.165, 1.54) is 0 Å². The molecule has 2 aromatic rings. The van der Waals surface area contributed by atoms with Crippen LogP contribution in [-0.4, -0.2) is 16.2 Å². The summed E-state index contributed by atoms with van der Waals surface area (Å²) in [6.07, 6.45) is 5.56. The normalized spacial score (nSPS) is 22.0. The van der Waals surface area contributed by atoms with Gasteiger partial charge in [-0.25, -0.2) is 0 Å². The summed E-state index contributed by atoms with van der Waals surface area (Å²) in [5.41, 5.74) is 6.99. The predicted octanol–water partition coefficient (Wildman–Crippen LogP) is 2.79. The van der Waals surface area contributed by atoms with Crippen LogP contribution in [0.1, 0.15) is 29.6 Å². The van der Waals surface area contributed by atoms with Gasteiger partial charge in [-0.05, 0) is 24.1 Å². The van der Waals surface area contributed by atoms with Gasteiger partial charge in [0, 0.05) is 16.9 Å². The van der Waals surface area contributed by atoms with E-state index in [1.54, 1.807) is 0 Å². The second kappa shape index (κ2) is 5.27. The van der Waals surface area contributed by atoms with Crippen LogP contribution >= 0.6 is 15.9 Å². The van der Waals surface area contributed by atoms with Crippen LogP contribution in [0.25, 0.3) is 0 Å². The predicted molar refractivity (Wildman–Crippen MR) is 75.7 cm³/mol. The average Bonchev–Trinajstić information content (AvgIpc) is 3.01. The Morgan fingerprint density at radius 3 is 2.74 bits per heavy atom. The topological polar surface area (TPSA) is 64.9 Å². The third-order valence-electron chi connectivity index (χ3n) is 3.19. The van der Waals surface area contributed by atoms with E-state index in [2.05, 4.69) is 26.1 Å². The molecule has 1 heterocycles. The average molecular weight is 320 g/mol. The fourth-order valence-corrected chi connectivity index (χ4v) is 2.45. The van der Waals surface area contributed by atoms with Crippen LogP contribution in [0, 0.1) is 0 Å². The van der Waals surface area contributed by atoms with Gasteiger partial charge in [-0.15, -0.1) is 0 Å². The number of hydrogen-bond donors (Lipinski definition) is 1. The highest BCUT2D eigenvalue weighted by molar-refractivity contribution is 9.10. The van der Waals surface area contributed by atoms with Crippen molar-refractivity contribution in [2.75, 3.05) is 0 Å². The molecule has 2 N–H and O–H groups in total. The molecular weight excluding hydrogens is 306 g/mol. The minimum absolute atomic E-state index is 0.104. The Bertz CT molecular complexity index is 591. The molecule has 0 radical (unpaired) electrons. The van der Waals surface area contributed by atoms with Crippen molar-refractivity contribution < 1.29 is 4.52 Å². The highest BCUT2D eigenvalue weighted by Crippen LogP contribution is 2.26. The molecular formula is C14H14BrN3O. The minimum Gasteiger partial charge on any atom is -0.339 e. The Morgan fingerprint density at radius 2 is 2.05 bits per heavy atom. The van der Waals surface area contributed by atoms with E-state index in [1.807, 2.05) is 36.4 Å². The molecule has 4 nitrogen and oxygen atoms in total. The molecule has 0 amide bonds. The van der Waals surface area contributed by atoms with E-state index >= 15 is 0 Å². The van der Waals surface area contributed by atoms with Crippen LogP contribution in [0.5, 0.6) is 0 Å². The summed E-state index contributed by atoms with van der Waals surface area (Å²) in [6.45, 7) is 0. The lowest BCUT2D eigenvalue weighted by atomic mass is 10.1. The molecule has 2 atom stereocenters. The van der Waals surface area contributed by atoms with Crippen molar-refractivity contribution >= 4 is 15.9 Å². The number of aromatic nitrogens is 2. The zero-order valence-corrected chi connectivity index (χ0v) is 11.9. The molecule has 1 aliphatic rings. The summed E-state index contributed by atoms with van der Waals surface area (Å²) in [5, 5.41) is 4.03. The van der Waals surface area contributed by atoms with Gasteiger partial charge in [0.25, 0.3) is 0 Å². The minimum atomic E-state index is 0.104. The maximum Gasteiger partial charge on any atom is 0.233 e. The number of nitrogens with two attached hydrogens (primary N) is 1. The van der Waals surface area contributed by atoms with Crippen molar-refractivity contribution in [1.82, 2.24) is 10.1 Å². The summed E-state index contributed by atoms with van der Waals surface area (Å²) in [5.74, 6) is 1.55. The number of hydrogen-bond acceptors (Lipinski definition) is 4. The van der Waals surface area contributed by atoms with Crippen LogP contribution in [0.15, 0.2) is 45.4 Å². The molecule has 0 spiro atoms. The fraction of sp³-hybridized carbons (Fsp3) is 0.286. The van der Waals surface area contributed by atoms with Gasteiger partial charge in [0.15, 0.2) is 5.82 Å². The Balaban J connectivity index is 1.71. The van der Waals surface area contributed by atoms with Crippen LogP contribution in [0.3, 0.4) is 0 Å². The summed E-state index contributed by atoms with van der Waals surface area (Å²) < 4.78 is 6.38. The lowest BCUT2D eigenvalue weighted by molar-refractivity contribution is 0.360. The van der Waals surface area contributed by atoms with E-state index in [9.17, 15) is 0 Å². The van der Waals surface area contributed by atoms with Gasteiger partial charge >= 0.3 is 0 Å². The first-order valence-corrected chi connectivity index (χ1v) is 7.01. The maximum absolute atomic E-state index is 5.83. The van der Waals surface area contributed by atoms with Crippen molar-refractivity contribution in [2.24, 2.45) is 5.73 Å². The fourth-order valence-electron chi connectivity index (χ4n) is 2.19. The molecule has 5 heteroatoms. The Kier molecular flexibility index (Phi) is 3.48. The first kappa shape index (κ1) is 12.6. The standard InChI is InChI=1S/C14H14BrN3O/c15-11-4-1-9(2-5-11)7-13-17-14(19-18-13)10-3-6-12(16)8-10/h1-6,10,12H,7-8,16H2. The largest absolute Gasteiger partial charge is 0.339 e. The lowest BCUT2D eigenvalue weighted by Crippen LogP contribution is -2.14. The van der Waals surface area contributed by atoms with Crippen molar-refractivity contribution in [3.05, 3.63) is 58.2 Å². The first-order valence-electron chi connectivity index (χ1n) is 6.21. The molecule has 1 aromatic carbocycles. The monoisotopic (exact) mass is 319 g/mol. The van der Waals surface area contributed by atoms with Crippen molar-refractivity contribution in [3.8, 4) is 0 Å². The Hall–Kier alpha value is -1.46. The number of nitrogens with zero attached hydrogens (tertiary/aromatic N) is 2. The lowest BCUT2D eigenvalue weighted by Gasteiger charge is -2.02. The molecule has 0 aliphatic heterocycles. The number of halogens is 1. The van der Waals surface area contributed by atoms with Gasteiger partial charge in [0.05, 0.1) is 5.92 Å². The van der Waals surface area contributed by atoms with Gasteiger partial charge in [0.1, 0.15) is 0 Å². The Labute approximate surface area is 119 Å². The molecule has 0 fully saturated rings. The number of allylic oxidation sites excluding steroid dienone is 1. The number of benzene rings is 1. The molecule has 2 unspecified atom stereocenters. The van der Waals surface area contributed by atoms with Crippen LogP contribution < -0.4 is 5.73 Å². The number of rotatable bonds is 3. The molecule has 3 rings (SSSR count). The van der Waals surface area contributed by atoms with Crippen LogP contribution in [-0.2, 0) is 6.42 Å². The van der Waals surface area contributed by atoms with Gasteiger partial charge in [-0.3, -0.25) is 0 Å². The quantitative estimate of drug-likeness (QED) is 0.883. The summed E-state index contributed by atoms with van der Waals surface area (Å²) in [6, 6.07) is 8.22. The second-order valence-electron chi connectivity index (χ2n) is 4.74. The van der Waals surface area contributed by atoms with E-state index < -0.39 is 0 Å².